The van der Waals surface area contributed by atoms with Gasteiger partial charge in [0, 0.05) is 25.2 Å². The topological polar surface area (TPSA) is 20.3 Å². The molecular formula is C27H27NO. The van der Waals surface area contributed by atoms with Crippen molar-refractivity contribution in [2.45, 2.75) is 26.3 Å². The molecule has 1 heterocycles. The van der Waals surface area contributed by atoms with E-state index in [9.17, 15) is 4.79 Å². The summed E-state index contributed by atoms with van der Waals surface area (Å²) in [6.07, 6.45) is 2.15. The van der Waals surface area contributed by atoms with Crippen LogP contribution in [0.3, 0.4) is 0 Å². The molecular weight excluding hydrogens is 354 g/mol. The summed E-state index contributed by atoms with van der Waals surface area (Å²) in [5, 5.41) is 0. The zero-order valence-electron chi connectivity index (χ0n) is 17.0. The standard InChI is InChI=1S/C27H27NO/c1-21(29)23-12-14-25(15-13-23)27(24-10-6-3-7-11-24)26-16-18-28(19-17-26)20-22-8-4-2-5-9-22/h2-15H,16-20H2,1H3. The Hall–Kier alpha value is -2.97. The molecule has 146 valence electrons. The lowest BCUT2D eigenvalue weighted by Gasteiger charge is -2.30. The summed E-state index contributed by atoms with van der Waals surface area (Å²) in [4.78, 5) is 14.2. The van der Waals surface area contributed by atoms with Crippen LogP contribution in [0.5, 0.6) is 0 Å². The second kappa shape index (κ2) is 9.02. The van der Waals surface area contributed by atoms with Crippen molar-refractivity contribution in [2.24, 2.45) is 0 Å². The van der Waals surface area contributed by atoms with E-state index in [0.717, 1.165) is 38.0 Å². The van der Waals surface area contributed by atoms with Crippen molar-refractivity contribution in [3.05, 3.63) is 113 Å². The van der Waals surface area contributed by atoms with Crippen LogP contribution in [0.2, 0.25) is 0 Å². The molecule has 1 aliphatic heterocycles. The molecule has 0 bridgehead atoms. The zero-order chi connectivity index (χ0) is 20.1. The van der Waals surface area contributed by atoms with Gasteiger partial charge in [0.05, 0.1) is 0 Å². The smallest absolute Gasteiger partial charge is 0.159 e. The van der Waals surface area contributed by atoms with Gasteiger partial charge >= 0.3 is 0 Å². The Morgan fingerprint density at radius 3 is 1.83 bits per heavy atom. The Balaban J connectivity index is 1.60. The van der Waals surface area contributed by atoms with Gasteiger partial charge in [-0.15, -0.1) is 0 Å². The van der Waals surface area contributed by atoms with E-state index in [1.165, 1.54) is 27.8 Å². The molecule has 1 saturated heterocycles. The van der Waals surface area contributed by atoms with Crippen LogP contribution in [0.25, 0.3) is 5.57 Å². The number of carbonyl (C=O) groups excluding carboxylic acids is 1. The van der Waals surface area contributed by atoms with Crippen LogP contribution in [0.15, 0.2) is 90.5 Å². The fourth-order valence-corrected chi connectivity index (χ4v) is 4.12. The number of carbonyl (C=O) groups is 1. The molecule has 1 fully saturated rings. The Morgan fingerprint density at radius 2 is 1.24 bits per heavy atom. The summed E-state index contributed by atoms with van der Waals surface area (Å²) in [6.45, 7) is 4.79. The van der Waals surface area contributed by atoms with Crippen molar-refractivity contribution in [3.63, 3.8) is 0 Å². The van der Waals surface area contributed by atoms with Gasteiger partial charge in [0.15, 0.2) is 5.78 Å². The minimum Gasteiger partial charge on any atom is -0.298 e. The molecule has 0 aliphatic carbocycles. The van der Waals surface area contributed by atoms with Gasteiger partial charge in [0.2, 0.25) is 0 Å². The summed E-state index contributed by atoms with van der Waals surface area (Å²) in [5.74, 6) is 0.111. The van der Waals surface area contributed by atoms with Crippen LogP contribution in [0, 0.1) is 0 Å². The van der Waals surface area contributed by atoms with Crippen LogP contribution >= 0.6 is 0 Å². The van der Waals surface area contributed by atoms with Crippen LogP contribution in [-0.4, -0.2) is 23.8 Å². The zero-order valence-corrected chi connectivity index (χ0v) is 17.0. The average molecular weight is 382 g/mol. The summed E-state index contributed by atoms with van der Waals surface area (Å²) in [5.41, 5.74) is 7.45. The Bertz CT molecular complexity index is 978. The first-order chi connectivity index (χ1) is 14.2. The maximum Gasteiger partial charge on any atom is 0.159 e. The summed E-state index contributed by atoms with van der Waals surface area (Å²) < 4.78 is 0. The van der Waals surface area contributed by atoms with Gasteiger partial charge in [-0.1, -0.05) is 90.5 Å². The van der Waals surface area contributed by atoms with Crippen molar-refractivity contribution in [1.82, 2.24) is 4.90 Å². The first kappa shape index (κ1) is 19.4. The maximum absolute atomic E-state index is 11.7. The number of rotatable bonds is 5. The molecule has 29 heavy (non-hydrogen) atoms. The minimum absolute atomic E-state index is 0.111. The summed E-state index contributed by atoms with van der Waals surface area (Å²) >= 11 is 0. The van der Waals surface area contributed by atoms with Crippen molar-refractivity contribution in [2.75, 3.05) is 13.1 Å². The molecule has 0 aromatic heterocycles. The van der Waals surface area contributed by atoms with Gasteiger partial charge in [-0.25, -0.2) is 0 Å². The van der Waals surface area contributed by atoms with Gasteiger partial charge in [-0.05, 0) is 42.0 Å². The first-order valence-corrected chi connectivity index (χ1v) is 10.4. The highest BCUT2D eigenvalue weighted by atomic mass is 16.1. The molecule has 3 aromatic carbocycles. The number of Topliss-reactive ketones (excluding diaryl/α,β-unsaturated/α-hetero) is 1. The van der Waals surface area contributed by atoms with E-state index in [2.05, 4.69) is 77.7 Å². The molecule has 0 saturated carbocycles. The van der Waals surface area contributed by atoms with Gasteiger partial charge in [-0.3, -0.25) is 9.69 Å². The van der Waals surface area contributed by atoms with Gasteiger partial charge in [-0.2, -0.15) is 0 Å². The van der Waals surface area contributed by atoms with E-state index in [0.29, 0.717) is 0 Å². The summed E-state index contributed by atoms with van der Waals surface area (Å²) in [7, 11) is 0. The van der Waals surface area contributed by atoms with Crippen molar-refractivity contribution < 1.29 is 4.79 Å². The number of nitrogens with zero attached hydrogens (tertiary/aromatic N) is 1. The molecule has 4 rings (SSSR count). The maximum atomic E-state index is 11.7. The third-order valence-electron chi connectivity index (χ3n) is 5.70. The largest absolute Gasteiger partial charge is 0.298 e. The SMILES string of the molecule is CC(=O)c1ccc(C(=C2CCN(Cc3ccccc3)CC2)c2ccccc2)cc1. The fourth-order valence-electron chi connectivity index (χ4n) is 4.12. The average Bonchev–Trinajstić information content (AvgIpc) is 2.77. The first-order valence-electron chi connectivity index (χ1n) is 10.4. The number of piperidine rings is 1. The highest BCUT2D eigenvalue weighted by Gasteiger charge is 2.19. The third-order valence-corrected chi connectivity index (χ3v) is 5.70. The normalized spacial score (nSPS) is 14.6. The molecule has 0 N–H and O–H groups in total. The molecule has 0 atom stereocenters. The lowest BCUT2D eigenvalue weighted by atomic mass is 9.88. The van der Waals surface area contributed by atoms with E-state index in [1.54, 1.807) is 6.92 Å². The van der Waals surface area contributed by atoms with E-state index in [-0.39, 0.29) is 5.78 Å². The number of benzene rings is 3. The third kappa shape index (κ3) is 4.72. The Labute approximate surface area is 173 Å². The lowest BCUT2D eigenvalue weighted by Crippen LogP contribution is -2.30. The second-order valence-corrected chi connectivity index (χ2v) is 7.74. The molecule has 0 spiro atoms. The van der Waals surface area contributed by atoms with Crippen LogP contribution in [0.4, 0.5) is 0 Å². The quantitative estimate of drug-likeness (QED) is 0.506. The minimum atomic E-state index is 0.111. The number of ketones is 1. The molecule has 2 heteroatoms. The molecule has 0 unspecified atom stereocenters. The fraction of sp³-hybridized carbons (Fsp3) is 0.222. The van der Waals surface area contributed by atoms with Crippen molar-refractivity contribution in [3.8, 4) is 0 Å². The number of hydrogen-bond acceptors (Lipinski definition) is 2. The van der Waals surface area contributed by atoms with E-state index in [4.69, 9.17) is 0 Å². The number of likely N-dealkylation sites (tertiary alicyclic amines) is 1. The highest BCUT2D eigenvalue weighted by Crippen LogP contribution is 2.32. The van der Waals surface area contributed by atoms with Crippen molar-refractivity contribution >= 4 is 11.4 Å². The van der Waals surface area contributed by atoms with Gasteiger partial charge in [0.25, 0.3) is 0 Å². The second-order valence-electron chi connectivity index (χ2n) is 7.74. The van der Waals surface area contributed by atoms with Gasteiger partial charge in [0.1, 0.15) is 0 Å². The molecule has 0 radical (unpaired) electrons. The summed E-state index contributed by atoms with van der Waals surface area (Å²) in [6, 6.07) is 29.5. The highest BCUT2D eigenvalue weighted by molar-refractivity contribution is 5.94. The molecule has 1 aliphatic rings. The van der Waals surface area contributed by atoms with E-state index < -0.39 is 0 Å². The van der Waals surface area contributed by atoms with Crippen molar-refractivity contribution in [1.29, 1.82) is 0 Å². The van der Waals surface area contributed by atoms with E-state index >= 15 is 0 Å². The lowest BCUT2D eigenvalue weighted by molar-refractivity contribution is 0.101. The Morgan fingerprint density at radius 1 is 0.724 bits per heavy atom. The molecule has 3 aromatic rings. The molecule has 2 nitrogen and oxygen atoms in total. The van der Waals surface area contributed by atoms with Crippen LogP contribution < -0.4 is 0 Å². The van der Waals surface area contributed by atoms with Crippen LogP contribution in [-0.2, 0) is 6.54 Å². The van der Waals surface area contributed by atoms with Crippen LogP contribution in [0.1, 0.15) is 46.8 Å². The number of hydrogen-bond donors (Lipinski definition) is 0. The van der Waals surface area contributed by atoms with Gasteiger partial charge < -0.3 is 0 Å². The van der Waals surface area contributed by atoms with E-state index in [1.807, 2.05) is 12.1 Å². The predicted molar refractivity (Wildman–Crippen MR) is 120 cm³/mol. The Kier molecular flexibility index (Phi) is 6.02. The molecule has 0 amide bonds. The predicted octanol–water partition coefficient (Wildman–Crippen LogP) is 5.99. The monoisotopic (exact) mass is 381 g/mol.